The largest absolute Gasteiger partial charge is 0.343 e. The van der Waals surface area contributed by atoms with Crippen LogP contribution in [-0.4, -0.2) is 23.7 Å². The van der Waals surface area contributed by atoms with Gasteiger partial charge in [-0.05, 0) is 90.8 Å². The van der Waals surface area contributed by atoms with E-state index in [1.807, 2.05) is 0 Å². The van der Waals surface area contributed by atoms with Crippen LogP contribution in [0, 0.1) is 6.92 Å². The number of benzene rings is 7. The van der Waals surface area contributed by atoms with E-state index in [-0.39, 0.29) is 0 Å². The molecule has 0 atom stereocenters. The van der Waals surface area contributed by atoms with E-state index in [0.717, 1.165) is 37.9 Å². The first kappa shape index (κ1) is 33.4. The van der Waals surface area contributed by atoms with Crippen molar-refractivity contribution in [3.8, 4) is 49.3 Å². The summed E-state index contributed by atoms with van der Waals surface area (Å²) in [4.78, 5) is 10.4. The lowest BCUT2D eigenvalue weighted by atomic mass is 10.0. The second kappa shape index (κ2) is 12.6. The van der Waals surface area contributed by atoms with Gasteiger partial charge in [-0.2, -0.15) is 0 Å². The molecule has 12 rings (SSSR count). The molecule has 0 spiro atoms. The van der Waals surface area contributed by atoms with Gasteiger partial charge < -0.3 is 13.7 Å². The van der Waals surface area contributed by atoms with Crippen LogP contribution in [0.3, 0.4) is 0 Å². The SMILES string of the molecule is Cc1ccc(-n2c3ccc(-c4c(-c5nc6ccccc6s5)c5ccccc5n4C)cc3c3cc(-c4c(-c5nc6ccccc6s5)c5ccccc5n4C)ccc32)cc1. The van der Waals surface area contributed by atoms with Crippen molar-refractivity contribution in [1.29, 1.82) is 0 Å². The van der Waals surface area contributed by atoms with Crippen LogP contribution in [-0.2, 0) is 14.1 Å². The molecule has 58 heavy (non-hydrogen) atoms. The molecule has 0 radical (unpaired) electrons. The zero-order chi connectivity index (χ0) is 38.6. The highest BCUT2D eigenvalue weighted by molar-refractivity contribution is 7.22. The normalized spacial score (nSPS) is 12.1. The second-order valence-electron chi connectivity index (χ2n) is 15.2. The molecule has 7 heteroatoms. The van der Waals surface area contributed by atoms with Crippen LogP contribution in [0.4, 0.5) is 0 Å². The summed E-state index contributed by atoms with van der Waals surface area (Å²) in [5, 5.41) is 6.90. The average Bonchev–Trinajstić information content (AvgIpc) is 4.07. The Morgan fingerprint density at radius 3 is 1.36 bits per heavy atom. The quantitative estimate of drug-likeness (QED) is 0.174. The van der Waals surface area contributed by atoms with E-state index in [9.17, 15) is 0 Å². The third-order valence-corrected chi connectivity index (χ3v) is 13.9. The molecule has 5 nitrogen and oxygen atoms in total. The molecule has 5 aromatic heterocycles. The Balaban J connectivity index is 1.14. The second-order valence-corrected chi connectivity index (χ2v) is 17.3. The van der Waals surface area contributed by atoms with E-state index in [1.165, 1.54) is 81.1 Å². The van der Waals surface area contributed by atoms with Crippen LogP contribution in [0.25, 0.3) is 113 Å². The van der Waals surface area contributed by atoms with E-state index in [2.05, 4.69) is 192 Å². The summed E-state index contributed by atoms with van der Waals surface area (Å²) in [5.41, 5.74) is 16.2. The third kappa shape index (κ3) is 4.87. The Kier molecular flexibility index (Phi) is 7.25. The molecule has 0 aliphatic heterocycles. The Labute approximate surface area is 342 Å². The van der Waals surface area contributed by atoms with Gasteiger partial charge in [-0.1, -0.05) is 90.5 Å². The van der Waals surface area contributed by atoms with Gasteiger partial charge in [-0.3, -0.25) is 0 Å². The standard InChI is InChI=1S/C51H35N5S2/c1-30-20-24-33(25-21-30)56-42-26-22-31(48-46(34-12-4-8-16-40(34)54(48)2)50-52-38-14-6-10-18-44(38)57-50)28-36(42)37-29-32(23-27-43(37)56)49-47(35-13-5-9-17-41(35)55(49)3)51-53-39-15-7-11-19-45(39)58-51/h4-29H,1-3H3. The van der Waals surface area contributed by atoms with E-state index in [4.69, 9.17) is 9.97 Å². The fourth-order valence-corrected chi connectivity index (χ4v) is 11.2. The lowest BCUT2D eigenvalue weighted by Crippen LogP contribution is -1.95. The van der Waals surface area contributed by atoms with Gasteiger partial charge in [-0.25, -0.2) is 9.97 Å². The first-order chi connectivity index (χ1) is 28.5. The predicted octanol–water partition coefficient (Wildman–Crippen LogP) is 14.0. The molecule has 0 fully saturated rings. The molecule has 0 aliphatic rings. The lowest BCUT2D eigenvalue weighted by molar-refractivity contribution is 0.979. The Morgan fingerprint density at radius 2 is 0.879 bits per heavy atom. The molecular weight excluding hydrogens is 747 g/mol. The number of aryl methyl sites for hydroxylation is 3. The maximum absolute atomic E-state index is 5.21. The van der Waals surface area contributed by atoms with Gasteiger partial charge in [0.15, 0.2) is 0 Å². The van der Waals surface area contributed by atoms with Crippen LogP contribution >= 0.6 is 22.7 Å². The number of fused-ring (bicyclic) bond motifs is 7. The molecule has 0 unspecified atom stereocenters. The van der Waals surface area contributed by atoms with E-state index in [1.54, 1.807) is 22.7 Å². The summed E-state index contributed by atoms with van der Waals surface area (Å²) in [7, 11) is 4.38. The lowest BCUT2D eigenvalue weighted by Gasteiger charge is -2.10. The van der Waals surface area contributed by atoms with E-state index < -0.39 is 0 Å². The number of hydrogen-bond donors (Lipinski definition) is 0. The van der Waals surface area contributed by atoms with Gasteiger partial charge in [0.1, 0.15) is 10.0 Å². The Bertz CT molecular complexity index is 3330. The number of hydrogen-bond acceptors (Lipinski definition) is 4. The predicted molar refractivity (Wildman–Crippen MR) is 247 cm³/mol. The van der Waals surface area contributed by atoms with Crippen LogP contribution in [0.1, 0.15) is 5.56 Å². The Hall–Kier alpha value is -6.80. The number of para-hydroxylation sites is 4. The summed E-state index contributed by atoms with van der Waals surface area (Å²) >= 11 is 3.53. The van der Waals surface area contributed by atoms with Crippen molar-refractivity contribution < 1.29 is 0 Å². The smallest absolute Gasteiger partial charge is 0.127 e. The molecule has 5 heterocycles. The Morgan fingerprint density at radius 1 is 0.431 bits per heavy atom. The van der Waals surface area contributed by atoms with Crippen molar-refractivity contribution in [3.05, 3.63) is 163 Å². The van der Waals surface area contributed by atoms with Gasteiger partial charge in [0.2, 0.25) is 0 Å². The zero-order valence-corrected chi connectivity index (χ0v) is 33.7. The topological polar surface area (TPSA) is 40.6 Å². The number of aromatic nitrogens is 5. The molecule has 0 N–H and O–H groups in total. The van der Waals surface area contributed by atoms with Gasteiger partial charge in [-0.15, -0.1) is 22.7 Å². The highest BCUT2D eigenvalue weighted by Gasteiger charge is 2.25. The summed E-state index contributed by atoms with van der Waals surface area (Å²) in [6, 6.07) is 57.3. The van der Waals surface area contributed by atoms with Crippen molar-refractivity contribution in [1.82, 2.24) is 23.7 Å². The minimum atomic E-state index is 1.03. The molecule has 0 saturated heterocycles. The first-order valence-corrected chi connectivity index (χ1v) is 21.2. The minimum Gasteiger partial charge on any atom is -0.343 e. The molecule has 7 aromatic carbocycles. The van der Waals surface area contributed by atoms with Crippen molar-refractivity contribution in [2.75, 3.05) is 0 Å². The zero-order valence-electron chi connectivity index (χ0n) is 32.1. The summed E-state index contributed by atoms with van der Waals surface area (Å²) in [6.45, 7) is 2.15. The van der Waals surface area contributed by atoms with Gasteiger partial charge >= 0.3 is 0 Å². The van der Waals surface area contributed by atoms with Crippen LogP contribution in [0.2, 0.25) is 0 Å². The minimum absolute atomic E-state index is 1.03. The van der Waals surface area contributed by atoms with Crippen molar-refractivity contribution in [3.63, 3.8) is 0 Å². The number of thiazole rings is 2. The summed E-state index contributed by atoms with van der Waals surface area (Å²) in [6.07, 6.45) is 0. The van der Waals surface area contributed by atoms with Gasteiger partial charge in [0, 0.05) is 63.5 Å². The van der Waals surface area contributed by atoms with Crippen LogP contribution in [0.15, 0.2) is 158 Å². The average molecular weight is 782 g/mol. The molecule has 12 aromatic rings. The van der Waals surface area contributed by atoms with Crippen molar-refractivity contribution in [2.24, 2.45) is 14.1 Å². The molecular formula is C51H35N5S2. The van der Waals surface area contributed by atoms with E-state index in [0.29, 0.717) is 0 Å². The fourth-order valence-electron chi connectivity index (χ4n) is 9.14. The van der Waals surface area contributed by atoms with E-state index >= 15 is 0 Å². The first-order valence-electron chi connectivity index (χ1n) is 19.5. The molecule has 0 saturated carbocycles. The number of rotatable bonds is 5. The molecule has 276 valence electrons. The maximum Gasteiger partial charge on any atom is 0.127 e. The van der Waals surface area contributed by atoms with Crippen LogP contribution in [0.5, 0.6) is 0 Å². The fraction of sp³-hybridized carbons (Fsp3) is 0.0588. The third-order valence-electron chi connectivity index (χ3n) is 11.8. The summed E-state index contributed by atoms with van der Waals surface area (Å²) in [5.74, 6) is 0. The highest BCUT2D eigenvalue weighted by atomic mass is 32.1. The monoisotopic (exact) mass is 781 g/mol. The maximum atomic E-state index is 5.21. The molecule has 0 aliphatic carbocycles. The molecule has 0 amide bonds. The highest BCUT2D eigenvalue weighted by Crippen LogP contribution is 2.47. The molecule has 0 bridgehead atoms. The van der Waals surface area contributed by atoms with Gasteiger partial charge in [0.05, 0.1) is 42.9 Å². The van der Waals surface area contributed by atoms with Crippen molar-refractivity contribution in [2.45, 2.75) is 6.92 Å². The number of nitrogens with zero attached hydrogens (tertiary/aromatic N) is 5. The summed E-state index contributed by atoms with van der Waals surface area (Å²) < 4.78 is 9.51. The van der Waals surface area contributed by atoms with Gasteiger partial charge in [0.25, 0.3) is 0 Å². The van der Waals surface area contributed by atoms with Crippen molar-refractivity contribution >= 4 is 86.7 Å². The van der Waals surface area contributed by atoms with Crippen LogP contribution < -0.4 is 0 Å².